The Morgan fingerprint density at radius 3 is 2.00 bits per heavy atom. The van der Waals surface area contributed by atoms with E-state index in [1.54, 1.807) is 13.0 Å². The van der Waals surface area contributed by atoms with E-state index in [0.29, 0.717) is 0 Å². The van der Waals surface area contributed by atoms with Gasteiger partial charge in [-0.15, -0.1) is 0 Å². The van der Waals surface area contributed by atoms with Crippen LogP contribution in [0.5, 0.6) is 0 Å². The van der Waals surface area contributed by atoms with Crippen molar-refractivity contribution < 1.29 is 4.74 Å². The Morgan fingerprint density at radius 1 is 1.44 bits per heavy atom. The van der Waals surface area contributed by atoms with Crippen LogP contribution in [0.25, 0.3) is 0 Å². The van der Waals surface area contributed by atoms with Crippen molar-refractivity contribution in [3.8, 4) is 0 Å². The first kappa shape index (κ1) is 11.1. The lowest BCUT2D eigenvalue weighted by atomic mass is 10.5. The minimum atomic E-state index is 0.759. The summed E-state index contributed by atoms with van der Waals surface area (Å²) in [5.74, 6) is 0.759. The molecular weight excluding hydrogens is 114 g/mol. The number of hydrogen-bond acceptors (Lipinski definition) is 2. The fourth-order valence-corrected chi connectivity index (χ4v) is 0.161. The van der Waals surface area contributed by atoms with Crippen LogP contribution in [0.15, 0.2) is 11.8 Å². The lowest BCUT2D eigenvalue weighted by Gasteiger charge is -1.91. The Balaban J connectivity index is 0. The van der Waals surface area contributed by atoms with Crippen LogP contribution < -0.4 is 0 Å². The number of ether oxygens (including phenoxy) is 1. The van der Waals surface area contributed by atoms with Gasteiger partial charge in [-0.05, 0) is 19.9 Å². The Morgan fingerprint density at radius 2 is 1.89 bits per heavy atom. The third-order valence-electron chi connectivity index (χ3n) is 0.651. The molecule has 2 nitrogen and oxygen atoms in total. The first-order valence-corrected chi connectivity index (χ1v) is 3.09. The van der Waals surface area contributed by atoms with E-state index in [1.807, 2.05) is 20.8 Å². The molecule has 9 heavy (non-hydrogen) atoms. The van der Waals surface area contributed by atoms with Gasteiger partial charge in [-0.2, -0.15) is 0 Å². The van der Waals surface area contributed by atoms with E-state index in [2.05, 4.69) is 4.74 Å². The molecule has 0 aliphatic heterocycles. The van der Waals surface area contributed by atoms with Crippen molar-refractivity contribution in [3.63, 3.8) is 0 Å². The molecule has 0 spiro atoms. The Hall–Kier alpha value is -0.790. The average molecular weight is 129 g/mol. The molecule has 0 aromatic rings. The maximum atomic E-state index is 6.45. The molecule has 0 saturated heterocycles. The normalized spacial score (nSPS) is 9.11. The number of allylic oxidation sites excluding steroid dienone is 2. The van der Waals surface area contributed by atoms with Crippen LogP contribution in [-0.4, -0.2) is 6.40 Å². The monoisotopic (exact) mass is 129 g/mol. The SMILES string of the molecule is C/C=C(/C)OC=N.CC. The molecule has 0 aromatic carbocycles. The minimum absolute atomic E-state index is 0.759. The predicted molar refractivity (Wildman–Crippen MR) is 40.6 cm³/mol. The van der Waals surface area contributed by atoms with Crippen molar-refractivity contribution in [1.29, 1.82) is 5.41 Å². The summed E-state index contributed by atoms with van der Waals surface area (Å²) in [6.45, 7) is 7.66. The molecule has 0 fully saturated rings. The van der Waals surface area contributed by atoms with E-state index in [-0.39, 0.29) is 0 Å². The van der Waals surface area contributed by atoms with E-state index in [1.165, 1.54) is 0 Å². The Bertz CT molecular complexity index is 86.9. The van der Waals surface area contributed by atoms with Crippen molar-refractivity contribution in [2.75, 3.05) is 0 Å². The van der Waals surface area contributed by atoms with Crippen LogP contribution in [-0.2, 0) is 4.74 Å². The Kier molecular flexibility index (Phi) is 12.6. The van der Waals surface area contributed by atoms with Crippen LogP contribution in [0, 0.1) is 5.41 Å². The highest BCUT2D eigenvalue weighted by molar-refractivity contribution is 5.43. The minimum Gasteiger partial charge on any atom is -0.451 e. The van der Waals surface area contributed by atoms with E-state index >= 15 is 0 Å². The van der Waals surface area contributed by atoms with E-state index in [0.717, 1.165) is 12.2 Å². The van der Waals surface area contributed by atoms with Crippen molar-refractivity contribution >= 4 is 6.40 Å². The summed E-state index contributed by atoms with van der Waals surface area (Å²) in [6.07, 6.45) is 2.71. The molecule has 0 aliphatic rings. The third-order valence-corrected chi connectivity index (χ3v) is 0.651. The first-order valence-electron chi connectivity index (χ1n) is 3.09. The molecule has 1 N–H and O–H groups in total. The maximum Gasteiger partial charge on any atom is 0.173 e. The highest BCUT2D eigenvalue weighted by atomic mass is 16.5. The molecule has 0 unspecified atom stereocenters. The van der Waals surface area contributed by atoms with Gasteiger partial charge in [0, 0.05) is 0 Å². The summed E-state index contributed by atoms with van der Waals surface area (Å²) in [5.41, 5.74) is 0. The fourth-order valence-electron chi connectivity index (χ4n) is 0.161. The molecule has 54 valence electrons. The van der Waals surface area contributed by atoms with Gasteiger partial charge in [-0.1, -0.05) is 13.8 Å². The van der Waals surface area contributed by atoms with E-state index in [9.17, 15) is 0 Å². The van der Waals surface area contributed by atoms with Crippen molar-refractivity contribution in [2.24, 2.45) is 0 Å². The van der Waals surface area contributed by atoms with Crippen molar-refractivity contribution in [3.05, 3.63) is 11.8 Å². The second kappa shape index (κ2) is 10.2. The molecule has 0 aliphatic carbocycles. The van der Waals surface area contributed by atoms with Crippen LogP contribution in [0.3, 0.4) is 0 Å². The molecule has 0 bridgehead atoms. The van der Waals surface area contributed by atoms with Crippen LogP contribution in [0.4, 0.5) is 0 Å². The smallest absolute Gasteiger partial charge is 0.173 e. The quantitative estimate of drug-likeness (QED) is 0.347. The third kappa shape index (κ3) is 11.0. The lowest BCUT2D eigenvalue weighted by molar-refractivity contribution is 0.432. The van der Waals surface area contributed by atoms with Gasteiger partial charge in [0.25, 0.3) is 0 Å². The zero-order valence-corrected chi connectivity index (χ0v) is 6.56. The van der Waals surface area contributed by atoms with Crippen LogP contribution in [0.1, 0.15) is 27.7 Å². The fraction of sp³-hybridized carbons (Fsp3) is 0.571. The van der Waals surface area contributed by atoms with Crippen LogP contribution in [0.2, 0.25) is 0 Å². The predicted octanol–water partition coefficient (Wildman–Crippen LogP) is 2.56. The van der Waals surface area contributed by atoms with Crippen molar-refractivity contribution in [2.45, 2.75) is 27.7 Å². The average Bonchev–Trinajstić information content (AvgIpc) is 1.93. The summed E-state index contributed by atoms with van der Waals surface area (Å²) in [6, 6.07) is 0. The summed E-state index contributed by atoms with van der Waals surface area (Å²) in [4.78, 5) is 0. The second-order valence-electron chi connectivity index (χ2n) is 1.14. The van der Waals surface area contributed by atoms with Gasteiger partial charge in [0.05, 0.1) is 5.76 Å². The molecule has 0 radical (unpaired) electrons. The number of rotatable bonds is 2. The first-order chi connectivity index (χ1) is 4.31. The zero-order valence-electron chi connectivity index (χ0n) is 6.56. The zero-order chi connectivity index (χ0) is 7.70. The molecule has 0 amide bonds. The van der Waals surface area contributed by atoms with Gasteiger partial charge in [-0.3, -0.25) is 5.41 Å². The lowest BCUT2D eigenvalue weighted by Crippen LogP contribution is -1.79. The Labute approximate surface area is 57.0 Å². The molecule has 0 saturated carbocycles. The van der Waals surface area contributed by atoms with Gasteiger partial charge in [0.15, 0.2) is 6.40 Å². The molecule has 0 rings (SSSR count). The number of hydrogen-bond donors (Lipinski definition) is 1. The summed E-state index contributed by atoms with van der Waals surface area (Å²) < 4.78 is 4.59. The molecule has 0 heterocycles. The highest BCUT2D eigenvalue weighted by Crippen LogP contribution is 1.88. The van der Waals surface area contributed by atoms with E-state index < -0.39 is 0 Å². The molecule has 0 aromatic heterocycles. The second-order valence-corrected chi connectivity index (χ2v) is 1.14. The van der Waals surface area contributed by atoms with Gasteiger partial charge in [-0.25, -0.2) is 0 Å². The van der Waals surface area contributed by atoms with Gasteiger partial charge < -0.3 is 4.74 Å². The molecule has 2 heteroatoms. The van der Waals surface area contributed by atoms with Gasteiger partial charge in [0.2, 0.25) is 0 Å². The van der Waals surface area contributed by atoms with Gasteiger partial charge >= 0.3 is 0 Å². The standard InChI is InChI=1S/C5H9NO.C2H6/c1-3-5(2)7-4-6;1-2/h3-4,6H,1-2H3;1-2H3/b5-3-,6-4?;. The van der Waals surface area contributed by atoms with Crippen LogP contribution >= 0.6 is 0 Å². The molecule has 0 atom stereocenters. The summed E-state index contributed by atoms with van der Waals surface area (Å²) in [5, 5.41) is 6.45. The van der Waals surface area contributed by atoms with Crippen molar-refractivity contribution in [1.82, 2.24) is 0 Å². The maximum absolute atomic E-state index is 6.45. The topological polar surface area (TPSA) is 33.1 Å². The molecular formula is C7H15NO. The van der Waals surface area contributed by atoms with Gasteiger partial charge in [0.1, 0.15) is 0 Å². The largest absolute Gasteiger partial charge is 0.451 e. The summed E-state index contributed by atoms with van der Waals surface area (Å²) >= 11 is 0. The highest BCUT2D eigenvalue weighted by Gasteiger charge is 1.76. The summed E-state index contributed by atoms with van der Waals surface area (Å²) in [7, 11) is 0. The van der Waals surface area contributed by atoms with E-state index in [4.69, 9.17) is 5.41 Å². The number of nitrogens with one attached hydrogen (secondary N) is 1.